The molecule has 0 bridgehead atoms. The lowest BCUT2D eigenvalue weighted by Crippen LogP contribution is -2.31. The molecule has 0 saturated heterocycles. The monoisotopic (exact) mass is 390 g/mol. The number of nitrogens with zero attached hydrogens (tertiary/aromatic N) is 1. The van der Waals surface area contributed by atoms with E-state index in [4.69, 9.17) is 0 Å². The number of hydrogen-bond donors (Lipinski definition) is 0. The molecule has 0 N–H and O–H groups in total. The van der Waals surface area contributed by atoms with E-state index in [1.165, 1.54) is 39.1 Å². The maximum absolute atomic E-state index is 2.29. The van der Waals surface area contributed by atoms with Gasteiger partial charge in [0, 0.05) is 16.7 Å². The smallest absolute Gasteiger partial charge is 0.200 e. The van der Waals surface area contributed by atoms with Gasteiger partial charge in [-0.15, -0.1) is 0 Å². The first-order valence-corrected chi connectivity index (χ1v) is 10.5. The molecule has 0 radical (unpaired) electrons. The minimum absolute atomic E-state index is 0.550. The third-order valence-corrected chi connectivity index (χ3v) is 5.48. The van der Waals surface area contributed by atoms with Crippen molar-refractivity contribution in [2.24, 2.45) is 7.05 Å². The van der Waals surface area contributed by atoms with Crippen molar-refractivity contribution < 1.29 is 4.57 Å². The molecule has 0 atom stereocenters. The minimum atomic E-state index is 0.550. The van der Waals surface area contributed by atoms with Crippen LogP contribution < -0.4 is 4.57 Å². The Bertz CT molecular complexity index is 1140. The van der Waals surface area contributed by atoms with Crippen molar-refractivity contribution in [1.29, 1.82) is 0 Å². The van der Waals surface area contributed by atoms with E-state index in [-0.39, 0.29) is 0 Å². The van der Waals surface area contributed by atoms with Crippen LogP contribution in [0.3, 0.4) is 0 Å². The minimum Gasteiger partial charge on any atom is -0.200 e. The topological polar surface area (TPSA) is 3.88 Å². The summed E-state index contributed by atoms with van der Waals surface area (Å²) in [6, 6.07) is 32.3. The van der Waals surface area contributed by atoms with Crippen LogP contribution in [0.15, 0.2) is 97.2 Å². The Morgan fingerprint density at radius 3 is 1.87 bits per heavy atom. The van der Waals surface area contributed by atoms with Gasteiger partial charge in [0.05, 0.1) is 0 Å². The molecule has 0 spiro atoms. The summed E-state index contributed by atoms with van der Waals surface area (Å²) in [4.78, 5) is 0. The molecule has 4 aromatic rings. The van der Waals surface area contributed by atoms with Crippen LogP contribution in [0, 0.1) is 0 Å². The summed E-state index contributed by atoms with van der Waals surface area (Å²) in [5.74, 6) is 0.550. The fourth-order valence-corrected chi connectivity index (χ4v) is 3.81. The Hall–Kier alpha value is -3.45. The number of aryl methyl sites for hydroxylation is 1. The van der Waals surface area contributed by atoms with Gasteiger partial charge in [-0.2, -0.15) is 4.57 Å². The van der Waals surface area contributed by atoms with Gasteiger partial charge in [-0.05, 0) is 46.9 Å². The number of hydrogen-bond acceptors (Lipinski definition) is 0. The molecule has 0 amide bonds. The van der Waals surface area contributed by atoms with Crippen LogP contribution in [0.4, 0.5) is 0 Å². The molecule has 0 fully saturated rings. The highest BCUT2D eigenvalue weighted by Gasteiger charge is 2.17. The Morgan fingerprint density at radius 1 is 0.667 bits per heavy atom. The second kappa shape index (κ2) is 8.92. The lowest BCUT2D eigenvalue weighted by molar-refractivity contribution is -0.660. The van der Waals surface area contributed by atoms with Crippen molar-refractivity contribution in [3.8, 4) is 22.4 Å². The van der Waals surface area contributed by atoms with E-state index in [1.54, 1.807) is 0 Å². The van der Waals surface area contributed by atoms with Crippen molar-refractivity contribution in [3.63, 3.8) is 0 Å². The van der Waals surface area contributed by atoms with Crippen LogP contribution in [0.25, 0.3) is 34.5 Å². The Labute approximate surface area is 180 Å². The van der Waals surface area contributed by atoms with E-state index in [2.05, 4.69) is 135 Å². The molecule has 4 rings (SSSR count). The number of pyridine rings is 1. The number of rotatable bonds is 5. The van der Waals surface area contributed by atoms with E-state index >= 15 is 0 Å². The Morgan fingerprint density at radius 2 is 1.27 bits per heavy atom. The lowest BCUT2D eigenvalue weighted by Gasteiger charge is -2.09. The van der Waals surface area contributed by atoms with Gasteiger partial charge in [0.15, 0.2) is 6.20 Å². The molecule has 1 nitrogen and oxygen atoms in total. The van der Waals surface area contributed by atoms with E-state index in [0.717, 1.165) is 0 Å². The van der Waals surface area contributed by atoms with Crippen LogP contribution >= 0.6 is 0 Å². The maximum Gasteiger partial charge on any atom is 0.219 e. The van der Waals surface area contributed by atoms with Gasteiger partial charge >= 0.3 is 0 Å². The van der Waals surface area contributed by atoms with Crippen molar-refractivity contribution in [1.82, 2.24) is 0 Å². The highest BCUT2D eigenvalue weighted by atomic mass is 14.9. The fourth-order valence-electron chi connectivity index (χ4n) is 3.81. The zero-order valence-corrected chi connectivity index (χ0v) is 17.9. The van der Waals surface area contributed by atoms with Gasteiger partial charge < -0.3 is 0 Å². The Balaban J connectivity index is 1.80. The zero-order valence-electron chi connectivity index (χ0n) is 17.9. The van der Waals surface area contributed by atoms with Gasteiger partial charge in [-0.25, -0.2) is 0 Å². The summed E-state index contributed by atoms with van der Waals surface area (Å²) < 4.78 is 2.24. The highest BCUT2D eigenvalue weighted by Crippen LogP contribution is 2.27. The second-order valence-electron chi connectivity index (χ2n) is 8.03. The van der Waals surface area contributed by atoms with Crippen LogP contribution in [0.5, 0.6) is 0 Å². The van der Waals surface area contributed by atoms with Gasteiger partial charge in [-0.1, -0.05) is 92.7 Å². The molecule has 30 heavy (non-hydrogen) atoms. The van der Waals surface area contributed by atoms with E-state index in [0.29, 0.717) is 5.92 Å². The normalized spacial score (nSPS) is 11.3. The molecule has 3 aromatic carbocycles. The van der Waals surface area contributed by atoms with Crippen molar-refractivity contribution in [3.05, 3.63) is 114 Å². The van der Waals surface area contributed by atoms with E-state index in [1.807, 2.05) is 0 Å². The first-order chi connectivity index (χ1) is 14.6. The molecule has 1 heterocycles. The number of benzene rings is 3. The Kier molecular flexibility index (Phi) is 5.90. The predicted octanol–water partition coefficient (Wildman–Crippen LogP) is 7.14. The van der Waals surface area contributed by atoms with E-state index in [9.17, 15) is 0 Å². The third-order valence-electron chi connectivity index (χ3n) is 5.48. The SMILES string of the molecule is CC(C)c1ccc(/C=C/c2cc(-c3ccccc3)c[n+](C)c2-c2ccccc2)cc1. The van der Waals surface area contributed by atoms with Crippen LogP contribution in [-0.2, 0) is 7.05 Å². The zero-order chi connectivity index (χ0) is 20.9. The van der Waals surface area contributed by atoms with Crippen molar-refractivity contribution >= 4 is 12.2 Å². The fraction of sp³-hybridized carbons (Fsp3) is 0.138. The quantitative estimate of drug-likeness (QED) is 0.319. The summed E-state index contributed by atoms with van der Waals surface area (Å²) in [5, 5.41) is 0. The summed E-state index contributed by atoms with van der Waals surface area (Å²) in [6.07, 6.45) is 6.66. The van der Waals surface area contributed by atoms with Crippen LogP contribution in [0.1, 0.15) is 36.5 Å². The van der Waals surface area contributed by atoms with Crippen LogP contribution in [-0.4, -0.2) is 0 Å². The number of aromatic nitrogens is 1. The van der Waals surface area contributed by atoms with Crippen molar-refractivity contribution in [2.45, 2.75) is 19.8 Å². The summed E-state index contributed by atoms with van der Waals surface area (Å²) in [7, 11) is 2.13. The average molecular weight is 391 g/mol. The standard InChI is InChI=1S/C29H28N/c1-22(2)24-17-14-23(15-18-24)16-19-27-20-28(25-10-6-4-7-11-25)21-30(3)29(27)26-12-8-5-9-13-26/h4-22H,1-3H3/q+1/b19-16+. The predicted molar refractivity (Wildman–Crippen MR) is 128 cm³/mol. The third kappa shape index (κ3) is 4.41. The highest BCUT2D eigenvalue weighted by molar-refractivity contribution is 5.80. The second-order valence-corrected chi connectivity index (χ2v) is 8.03. The summed E-state index contributed by atoms with van der Waals surface area (Å²) in [5.41, 5.74) is 8.66. The molecule has 0 aliphatic rings. The van der Waals surface area contributed by atoms with Gasteiger partial charge in [0.25, 0.3) is 0 Å². The summed E-state index contributed by atoms with van der Waals surface area (Å²) in [6.45, 7) is 4.46. The average Bonchev–Trinajstić information content (AvgIpc) is 2.79. The molecule has 148 valence electrons. The maximum atomic E-state index is 2.29. The molecule has 1 heteroatoms. The van der Waals surface area contributed by atoms with Gasteiger partial charge in [0.2, 0.25) is 5.69 Å². The first-order valence-electron chi connectivity index (χ1n) is 10.5. The molecule has 1 aromatic heterocycles. The van der Waals surface area contributed by atoms with Crippen LogP contribution in [0.2, 0.25) is 0 Å². The molecular weight excluding hydrogens is 362 g/mol. The largest absolute Gasteiger partial charge is 0.219 e. The van der Waals surface area contributed by atoms with Gasteiger partial charge in [0.1, 0.15) is 7.05 Å². The molecule has 0 unspecified atom stereocenters. The van der Waals surface area contributed by atoms with E-state index < -0.39 is 0 Å². The summed E-state index contributed by atoms with van der Waals surface area (Å²) >= 11 is 0. The molecule has 0 aliphatic carbocycles. The van der Waals surface area contributed by atoms with Gasteiger partial charge in [-0.3, -0.25) is 0 Å². The first kappa shape index (κ1) is 19.8. The molecule has 0 aliphatic heterocycles. The lowest BCUT2D eigenvalue weighted by atomic mass is 9.98. The molecular formula is C29H28N+. The van der Waals surface area contributed by atoms with Crippen molar-refractivity contribution in [2.75, 3.05) is 0 Å². The molecule has 0 saturated carbocycles.